The molecule has 1 rings (SSSR count). The second-order valence-electron chi connectivity index (χ2n) is 3.76. The molecule has 3 heteroatoms. The Hall–Kier alpha value is -1.25. The molecule has 0 saturated heterocycles. The molecule has 1 aromatic rings. The Labute approximate surface area is 85.7 Å². The maximum Gasteiger partial charge on any atom is 0.128 e. The first-order valence-electron chi connectivity index (χ1n) is 5.12. The predicted molar refractivity (Wildman–Crippen MR) is 61.4 cm³/mol. The normalized spacial score (nSPS) is 12.5. The van der Waals surface area contributed by atoms with Crippen LogP contribution in [0.5, 0.6) is 0 Å². The fourth-order valence-electron chi connectivity index (χ4n) is 1.38. The first-order chi connectivity index (χ1) is 6.63. The van der Waals surface area contributed by atoms with Crippen LogP contribution in [0.2, 0.25) is 0 Å². The summed E-state index contributed by atoms with van der Waals surface area (Å²) in [4.78, 5) is 4.27. The standard InChI is InChI=1S/C11H19N3/c1-4-5-9(3)14-11-6-10(12)8(2)7-13-11/h6-7,9H,4-5H2,1-3H3,(H3,12,13,14). The predicted octanol–water partition coefficient (Wildman–Crippen LogP) is 2.57. The van der Waals surface area contributed by atoms with E-state index in [0.717, 1.165) is 23.5 Å². The maximum atomic E-state index is 5.79. The molecule has 0 fully saturated rings. The van der Waals surface area contributed by atoms with Gasteiger partial charge in [0.05, 0.1) is 0 Å². The van der Waals surface area contributed by atoms with Crippen molar-refractivity contribution in [3.8, 4) is 0 Å². The molecule has 1 unspecified atom stereocenters. The Morgan fingerprint density at radius 3 is 2.86 bits per heavy atom. The number of pyridine rings is 1. The molecule has 0 aliphatic heterocycles. The summed E-state index contributed by atoms with van der Waals surface area (Å²) in [5.74, 6) is 0.869. The van der Waals surface area contributed by atoms with Gasteiger partial charge in [-0.05, 0) is 25.8 Å². The van der Waals surface area contributed by atoms with Gasteiger partial charge < -0.3 is 11.1 Å². The van der Waals surface area contributed by atoms with Crippen LogP contribution in [-0.2, 0) is 0 Å². The SMILES string of the molecule is CCCC(C)Nc1cc(N)c(C)cn1. The third kappa shape index (κ3) is 2.91. The van der Waals surface area contributed by atoms with Crippen LogP contribution in [0.15, 0.2) is 12.3 Å². The molecule has 0 bridgehead atoms. The molecule has 0 aromatic carbocycles. The lowest BCUT2D eigenvalue weighted by Crippen LogP contribution is -2.15. The number of hydrogen-bond donors (Lipinski definition) is 2. The highest BCUT2D eigenvalue weighted by molar-refractivity contribution is 5.53. The molecule has 0 spiro atoms. The van der Waals surface area contributed by atoms with Crippen LogP contribution in [0.1, 0.15) is 32.3 Å². The van der Waals surface area contributed by atoms with Crippen molar-refractivity contribution < 1.29 is 0 Å². The Morgan fingerprint density at radius 1 is 1.57 bits per heavy atom. The molecule has 0 radical (unpaired) electrons. The van der Waals surface area contributed by atoms with Crippen LogP contribution in [-0.4, -0.2) is 11.0 Å². The number of nitrogen functional groups attached to an aromatic ring is 1. The highest BCUT2D eigenvalue weighted by atomic mass is 15.0. The summed E-state index contributed by atoms with van der Waals surface area (Å²) in [5, 5.41) is 3.32. The molecule has 0 amide bonds. The van der Waals surface area contributed by atoms with E-state index in [-0.39, 0.29) is 0 Å². The van der Waals surface area contributed by atoms with Gasteiger partial charge in [0.25, 0.3) is 0 Å². The number of aryl methyl sites for hydroxylation is 1. The van der Waals surface area contributed by atoms with Gasteiger partial charge in [0.2, 0.25) is 0 Å². The molecule has 1 aromatic heterocycles. The summed E-state index contributed by atoms with van der Waals surface area (Å²) >= 11 is 0. The van der Waals surface area contributed by atoms with Crippen molar-refractivity contribution in [2.75, 3.05) is 11.1 Å². The molecule has 0 aliphatic carbocycles. The van der Waals surface area contributed by atoms with Crippen LogP contribution in [0.4, 0.5) is 11.5 Å². The first-order valence-corrected chi connectivity index (χ1v) is 5.12. The number of nitrogens with one attached hydrogen (secondary N) is 1. The van der Waals surface area contributed by atoms with Crippen LogP contribution < -0.4 is 11.1 Å². The van der Waals surface area contributed by atoms with E-state index in [0.29, 0.717) is 6.04 Å². The molecular weight excluding hydrogens is 174 g/mol. The van der Waals surface area contributed by atoms with Crippen molar-refractivity contribution in [1.82, 2.24) is 4.98 Å². The Morgan fingerprint density at radius 2 is 2.29 bits per heavy atom. The highest BCUT2D eigenvalue weighted by Gasteiger charge is 2.02. The quantitative estimate of drug-likeness (QED) is 0.772. The van der Waals surface area contributed by atoms with E-state index in [1.54, 1.807) is 6.20 Å². The molecule has 1 heterocycles. The Kier molecular flexibility index (Phi) is 3.74. The number of aromatic nitrogens is 1. The molecule has 0 saturated carbocycles. The summed E-state index contributed by atoms with van der Waals surface area (Å²) in [7, 11) is 0. The van der Waals surface area contributed by atoms with E-state index in [9.17, 15) is 0 Å². The Balaban J connectivity index is 2.63. The number of hydrogen-bond acceptors (Lipinski definition) is 3. The number of anilines is 2. The zero-order chi connectivity index (χ0) is 10.6. The third-order valence-electron chi connectivity index (χ3n) is 2.26. The van der Waals surface area contributed by atoms with Gasteiger partial charge >= 0.3 is 0 Å². The van der Waals surface area contributed by atoms with Gasteiger partial charge in [-0.15, -0.1) is 0 Å². The summed E-state index contributed by atoms with van der Waals surface area (Å²) in [5.41, 5.74) is 7.61. The van der Waals surface area contributed by atoms with Gasteiger partial charge in [0.15, 0.2) is 0 Å². The van der Waals surface area contributed by atoms with Gasteiger partial charge in [0, 0.05) is 24.0 Å². The molecule has 3 nitrogen and oxygen atoms in total. The molecule has 1 atom stereocenters. The first kappa shape index (κ1) is 10.8. The molecule has 3 N–H and O–H groups in total. The van der Waals surface area contributed by atoms with E-state index in [2.05, 4.69) is 24.1 Å². The van der Waals surface area contributed by atoms with E-state index in [4.69, 9.17) is 5.73 Å². The van der Waals surface area contributed by atoms with Gasteiger partial charge in [-0.25, -0.2) is 4.98 Å². The topological polar surface area (TPSA) is 50.9 Å². The fourth-order valence-corrected chi connectivity index (χ4v) is 1.38. The lowest BCUT2D eigenvalue weighted by Gasteiger charge is -2.13. The minimum absolute atomic E-state index is 0.453. The van der Waals surface area contributed by atoms with Crippen molar-refractivity contribution in [3.63, 3.8) is 0 Å². The van der Waals surface area contributed by atoms with Crippen molar-refractivity contribution in [3.05, 3.63) is 17.8 Å². The van der Waals surface area contributed by atoms with Crippen molar-refractivity contribution >= 4 is 11.5 Å². The van der Waals surface area contributed by atoms with E-state index in [1.807, 2.05) is 13.0 Å². The van der Waals surface area contributed by atoms with E-state index < -0.39 is 0 Å². The minimum atomic E-state index is 0.453. The van der Waals surface area contributed by atoms with Crippen molar-refractivity contribution in [2.45, 2.75) is 39.7 Å². The average Bonchev–Trinajstić information content (AvgIpc) is 2.12. The largest absolute Gasteiger partial charge is 0.398 e. The van der Waals surface area contributed by atoms with Crippen LogP contribution in [0, 0.1) is 6.92 Å². The molecular formula is C11H19N3. The van der Waals surface area contributed by atoms with Crippen LogP contribution >= 0.6 is 0 Å². The van der Waals surface area contributed by atoms with E-state index >= 15 is 0 Å². The smallest absolute Gasteiger partial charge is 0.128 e. The molecule has 14 heavy (non-hydrogen) atoms. The van der Waals surface area contributed by atoms with Crippen molar-refractivity contribution in [1.29, 1.82) is 0 Å². The zero-order valence-corrected chi connectivity index (χ0v) is 9.17. The van der Waals surface area contributed by atoms with Gasteiger partial charge in [-0.1, -0.05) is 13.3 Å². The third-order valence-corrected chi connectivity index (χ3v) is 2.26. The second kappa shape index (κ2) is 4.84. The van der Waals surface area contributed by atoms with Crippen molar-refractivity contribution in [2.24, 2.45) is 0 Å². The second-order valence-corrected chi connectivity index (χ2v) is 3.76. The highest BCUT2D eigenvalue weighted by Crippen LogP contribution is 2.15. The Bertz CT molecular complexity index is 297. The summed E-state index contributed by atoms with van der Waals surface area (Å²) in [6, 6.07) is 2.34. The number of nitrogens with zero attached hydrogens (tertiary/aromatic N) is 1. The molecule has 0 aliphatic rings. The lowest BCUT2D eigenvalue weighted by molar-refractivity contribution is 0.687. The van der Waals surface area contributed by atoms with Gasteiger partial charge in [-0.3, -0.25) is 0 Å². The maximum absolute atomic E-state index is 5.79. The summed E-state index contributed by atoms with van der Waals surface area (Å²) in [6.45, 7) is 6.29. The molecule has 78 valence electrons. The minimum Gasteiger partial charge on any atom is -0.398 e. The fraction of sp³-hybridized carbons (Fsp3) is 0.545. The average molecular weight is 193 g/mol. The van der Waals surface area contributed by atoms with Gasteiger partial charge in [0.1, 0.15) is 5.82 Å². The monoisotopic (exact) mass is 193 g/mol. The van der Waals surface area contributed by atoms with Gasteiger partial charge in [-0.2, -0.15) is 0 Å². The summed E-state index contributed by atoms with van der Waals surface area (Å²) < 4.78 is 0. The van der Waals surface area contributed by atoms with Crippen LogP contribution in [0.25, 0.3) is 0 Å². The number of rotatable bonds is 4. The lowest BCUT2D eigenvalue weighted by atomic mass is 10.2. The number of nitrogens with two attached hydrogens (primary N) is 1. The zero-order valence-electron chi connectivity index (χ0n) is 9.17. The summed E-state index contributed by atoms with van der Waals surface area (Å²) in [6.07, 6.45) is 4.13. The van der Waals surface area contributed by atoms with Crippen LogP contribution in [0.3, 0.4) is 0 Å². The van der Waals surface area contributed by atoms with E-state index in [1.165, 1.54) is 6.42 Å².